The maximum absolute atomic E-state index is 5.42. The minimum absolute atomic E-state index is 0.469. The van der Waals surface area contributed by atoms with Gasteiger partial charge >= 0.3 is 0 Å². The summed E-state index contributed by atoms with van der Waals surface area (Å²) >= 11 is 0. The second-order valence-corrected chi connectivity index (χ2v) is 5.36. The molecule has 1 fully saturated rings. The van der Waals surface area contributed by atoms with Gasteiger partial charge in [0.05, 0.1) is 17.6 Å². The van der Waals surface area contributed by atoms with Crippen molar-refractivity contribution in [2.75, 3.05) is 13.1 Å². The Morgan fingerprint density at radius 2 is 2.15 bits per heavy atom. The molecule has 3 heterocycles. The van der Waals surface area contributed by atoms with E-state index in [9.17, 15) is 0 Å². The molecule has 2 aromatic rings. The monoisotopic (exact) mass is 275 g/mol. The number of aryl methyl sites for hydroxylation is 2. The van der Waals surface area contributed by atoms with Gasteiger partial charge in [-0.25, -0.2) is 9.67 Å². The standard InChI is InChI=1S/C14H21N5O/c1-3-19-13(11(2)16-17-19)10-18-7-4-12(5-8-18)14-15-6-9-20-14/h6,9,12H,3-5,7-8,10H2,1-2H3. The highest BCUT2D eigenvalue weighted by Gasteiger charge is 2.24. The van der Waals surface area contributed by atoms with Crippen molar-refractivity contribution < 1.29 is 4.42 Å². The molecule has 6 heteroatoms. The Labute approximate surface area is 118 Å². The lowest BCUT2D eigenvalue weighted by Crippen LogP contribution is -2.33. The number of aromatic nitrogens is 4. The highest BCUT2D eigenvalue weighted by atomic mass is 16.3. The first-order valence-corrected chi connectivity index (χ1v) is 7.28. The first kappa shape index (κ1) is 13.3. The molecule has 0 bridgehead atoms. The molecule has 1 aliphatic heterocycles. The van der Waals surface area contributed by atoms with Gasteiger partial charge in [-0.15, -0.1) is 5.10 Å². The lowest BCUT2D eigenvalue weighted by molar-refractivity contribution is 0.188. The molecule has 0 amide bonds. The molecule has 0 radical (unpaired) electrons. The number of oxazole rings is 1. The number of rotatable bonds is 4. The molecule has 0 spiro atoms. The number of hydrogen-bond acceptors (Lipinski definition) is 5. The summed E-state index contributed by atoms with van der Waals surface area (Å²) < 4.78 is 7.41. The molecule has 6 nitrogen and oxygen atoms in total. The van der Waals surface area contributed by atoms with E-state index in [2.05, 4.69) is 27.1 Å². The van der Waals surface area contributed by atoms with Gasteiger partial charge in [-0.1, -0.05) is 5.21 Å². The molecule has 1 aliphatic rings. The van der Waals surface area contributed by atoms with Gasteiger partial charge < -0.3 is 4.42 Å². The maximum atomic E-state index is 5.42. The van der Waals surface area contributed by atoms with Crippen LogP contribution in [0.2, 0.25) is 0 Å². The Hall–Kier alpha value is -1.69. The molecule has 0 saturated carbocycles. The highest BCUT2D eigenvalue weighted by Crippen LogP contribution is 2.27. The molecular formula is C14H21N5O. The van der Waals surface area contributed by atoms with Gasteiger partial charge in [0.1, 0.15) is 6.26 Å². The minimum Gasteiger partial charge on any atom is -0.449 e. The van der Waals surface area contributed by atoms with Gasteiger partial charge in [0.2, 0.25) is 0 Å². The first-order valence-electron chi connectivity index (χ1n) is 7.28. The number of hydrogen-bond donors (Lipinski definition) is 0. The Balaban J connectivity index is 1.60. The maximum Gasteiger partial charge on any atom is 0.197 e. The topological polar surface area (TPSA) is 60.0 Å². The van der Waals surface area contributed by atoms with Gasteiger partial charge in [0, 0.05) is 19.0 Å². The molecule has 0 N–H and O–H groups in total. The molecule has 3 rings (SSSR count). The summed E-state index contributed by atoms with van der Waals surface area (Å²) in [7, 11) is 0. The number of piperidine rings is 1. The molecular weight excluding hydrogens is 254 g/mol. The highest BCUT2D eigenvalue weighted by molar-refractivity contribution is 5.08. The SMILES string of the molecule is CCn1nnc(C)c1CN1CCC(c2ncco2)CC1. The fourth-order valence-corrected chi connectivity index (χ4v) is 2.86. The average Bonchev–Trinajstić information content (AvgIpc) is 3.11. The van der Waals surface area contributed by atoms with E-state index >= 15 is 0 Å². The third-order valence-electron chi connectivity index (χ3n) is 4.09. The number of nitrogens with zero attached hydrogens (tertiary/aromatic N) is 5. The van der Waals surface area contributed by atoms with Gasteiger partial charge in [-0.2, -0.15) is 0 Å². The third kappa shape index (κ3) is 2.60. The molecule has 108 valence electrons. The predicted molar refractivity (Wildman–Crippen MR) is 74.2 cm³/mol. The number of likely N-dealkylation sites (tertiary alicyclic amines) is 1. The Morgan fingerprint density at radius 3 is 2.80 bits per heavy atom. The van der Waals surface area contributed by atoms with E-state index < -0.39 is 0 Å². The van der Waals surface area contributed by atoms with Crippen LogP contribution >= 0.6 is 0 Å². The van der Waals surface area contributed by atoms with Crippen LogP contribution in [0.4, 0.5) is 0 Å². The second-order valence-electron chi connectivity index (χ2n) is 5.36. The molecule has 2 aromatic heterocycles. The Kier molecular flexibility index (Phi) is 3.82. The summed E-state index contributed by atoms with van der Waals surface area (Å²) in [6, 6.07) is 0. The molecule has 20 heavy (non-hydrogen) atoms. The van der Waals surface area contributed by atoms with Crippen molar-refractivity contribution in [3.63, 3.8) is 0 Å². The van der Waals surface area contributed by atoms with E-state index in [1.54, 1.807) is 12.5 Å². The average molecular weight is 275 g/mol. The zero-order valence-electron chi connectivity index (χ0n) is 12.1. The van der Waals surface area contributed by atoms with Crippen LogP contribution in [0.1, 0.15) is 43.0 Å². The molecule has 0 aromatic carbocycles. The van der Waals surface area contributed by atoms with E-state index in [-0.39, 0.29) is 0 Å². The van der Waals surface area contributed by atoms with Crippen LogP contribution < -0.4 is 0 Å². The van der Waals surface area contributed by atoms with Crippen LogP contribution in [-0.4, -0.2) is 38.0 Å². The van der Waals surface area contributed by atoms with Crippen LogP contribution in [-0.2, 0) is 13.1 Å². The zero-order chi connectivity index (χ0) is 13.9. The molecule has 0 atom stereocenters. The third-order valence-corrected chi connectivity index (χ3v) is 4.09. The predicted octanol–water partition coefficient (Wildman–Crippen LogP) is 1.97. The van der Waals surface area contributed by atoms with E-state index in [0.29, 0.717) is 5.92 Å². The lowest BCUT2D eigenvalue weighted by atomic mass is 9.96. The summed E-state index contributed by atoms with van der Waals surface area (Å²) in [5.74, 6) is 1.36. The van der Waals surface area contributed by atoms with E-state index in [0.717, 1.165) is 50.6 Å². The Bertz CT molecular complexity index is 540. The van der Waals surface area contributed by atoms with Gasteiger partial charge in [0.15, 0.2) is 5.89 Å². The smallest absolute Gasteiger partial charge is 0.197 e. The van der Waals surface area contributed by atoms with Crippen LogP contribution in [0.25, 0.3) is 0 Å². The van der Waals surface area contributed by atoms with Gasteiger partial charge in [0.25, 0.3) is 0 Å². The van der Waals surface area contributed by atoms with Crippen molar-refractivity contribution in [3.8, 4) is 0 Å². The van der Waals surface area contributed by atoms with Crippen molar-refractivity contribution >= 4 is 0 Å². The van der Waals surface area contributed by atoms with Crippen molar-refractivity contribution in [1.29, 1.82) is 0 Å². The molecule has 0 unspecified atom stereocenters. The van der Waals surface area contributed by atoms with E-state index in [1.807, 2.05) is 11.6 Å². The quantitative estimate of drug-likeness (QED) is 0.854. The normalized spacial score (nSPS) is 17.7. The van der Waals surface area contributed by atoms with Crippen LogP contribution in [0, 0.1) is 6.92 Å². The largest absolute Gasteiger partial charge is 0.449 e. The summed E-state index contributed by atoms with van der Waals surface area (Å²) in [5.41, 5.74) is 2.28. The zero-order valence-corrected chi connectivity index (χ0v) is 12.1. The second kappa shape index (κ2) is 5.75. The van der Waals surface area contributed by atoms with Crippen LogP contribution in [0.5, 0.6) is 0 Å². The fourth-order valence-electron chi connectivity index (χ4n) is 2.86. The fraction of sp³-hybridized carbons (Fsp3) is 0.643. The van der Waals surface area contributed by atoms with Crippen molar-refractivity contribution in [1.82, 2.24) is 24.9 Å². The van der Waals surface area contributed by atoms with E-state index in [4.69, 9.17) is 4.42 Å². The van der Waals surface area contributed by atoms with Gasteiger partial charge in [-0.3, -0.25) is 4.90 Å². The Morgan fingerprint density at radius 1 is 1.35 bits per heavy atom. The summed E-state index contributed by atoms with van der Waals surface area (Å²) in [5, 5.41) is 8.34. The van der Waals surface area contributed by atoms with Crippen LogP contribution in [0.15, 0.2) is 16.9 Å². The van der Waals surface area contributed by atoms with Crippen molar-refractivity contribution in [2.45, 2.75) is 45.7 Å². The van der Waals surface area contributed by atoms with Crippen LogP contribution in [0.3, 0.4) is 0 Å². The van der Waals surface area contributed by atoms with Crippen molar-refractivity contribution in [3.05, 3.63) is 29.7 Å². The lowest BCUT2D eigenvalue weighted by Gasteiger charge is -2.30. The molecule has 0 aliphatic carbocycles. The summed E-state index contributed by atoms with van der Waals surface area (Å²) in [4.78, 5) is 6.74. The summed E-state index contributed by atoms with van der Waals surface area (Å²) in [6.07, 6.45) is 5.60. The molecule has 1 saturated heterocycles. The summed E-state index contributed by atoms with van der Waals surface area (Å²) in [6.45, 7) is 8.09. The minimum atomic E-state index is 0.469. The van der Waals surface area contributed by atoms with Gasteiger partial charge in [-0.05, 0) is 39.8 Å². The van der Waals surface area contributed by atoms with Crippen molar-refractivity contribution in [2.24, 2.45) is 0 Å². The van der Waals surface area contributed by atoms with E-state index in [1.165, 1.54) is 5.69 Å². The first-order chi connectivity index (χ1) is 9.78.